The molecule has 0 aromatic heterocycles. The van der Waals surface area contributed by atoms with Crippen molar-refractivity contribution in [2.24, 2.45) is 0 Å². The third kappa shape index (κ3) is 5.09. The van der Waals surface area contributed by atoms with Crippen LogP contribution in [0.15, 0.2) is 48.5 Å². The molecule has 22 heavy (non-hydrogen) atoms. The van der Waals surface area contributed by atoms with Crippen LogP contribution in [0.2, 0.25) is 0 Å². The molecular weight excluding hydrogens is 283 g/mol. The summed E-state index contributed by atoms with van der Waals surface area (Å²) in [6.45, 7) is 2.85. The van der Waals surface area contributed by atoms with Crippen LogP contribution in [-0.4, -0.2) is 19.2 Å². The Morgan fingerprint density at radius 2 is 1.68 bits per heavy atom. The molecule has 5 heteroatoms. The Balaban J connectivity index is 1.78. The summed E-state index contributed by atoms with van der Waals surface area (Å²) in [5, 5.41) is 5.91. The van der Waals surface area contributed by atoms with Crippen molar-refractivity contribution in [2.45, 2.75) is 13.3 Å². The monoisotopic (exact) mass is 302 g/mol. The smallest absolute Gasteiger partial charge is 0.411 e. The van der Waals surface area contributed by atoms with Gasteiger partial charge in [0.1, 0.15) is 5.82 Å². The van der Waals surface area contributed by atoms with E-state index in [4.69, 9.17) is 4.74 Å². The van der Waals surface area contributed by atoms with Crippen molar-refractivity contribution in [1.82, 2.24) is 0 Å². The molecule has 0 bridgehead atoms. The topological polar surface area (TPSA) is 50.4 Å². The van der Waals surface area contributed by atoms with Crippen LogP contribution in [0.25, 0.3) is 0 Å². The van der Waals surface area contributed by atoms with E-state index in [0.717, 1.165) is 24.2 Å². The summed E-state index contributed by atoms with van der Waals surface area (Å²) in [6.07, 6.45) is 0.350. The standard InChI is InChI=1S/C17H19FN2O2/c1-2-22-17(21)20-16-9-7-15(8-10-16)19-12-11-13-3-5-14(18)6-4-13/h3-10,19H,2,11-12H2,1H3,(H,20,21). The third-order valence-electron chi connectivity index (χ3n) is 3.06. The highest BCUT2D eigenvalue weighted by Crippen LogP contribution is 2.14. The van der Waals surface area contributed by atoms with E-state index in [-0.39, 0.29) is 5.82 Å². The van der Waals surface area contributed by atoms with Crippen LogP contribution in [0.5, 0.6) is 0 Å². The second kappa shape index (κ2) is 8.02. The van der Waals surface area contributed by atoms with Gasteiger partial charge in [0.15, 0.2) is 0 Å². The average molecular weight is 302 g/mol. The first-order valence-electron chi connectivity index (χ1n) is 7.19. The zero-order chi connectivity index (χ0) is 15.8. The van der Waals surface area contributed by atoms with Crippen molar-refractivity contribution < 1.29 is 13.9 Å². The summed E-state index contributed by atoms with van der Waals surface area (Å²) in [5.74, 6) is -0.221. The molecule has 2 aromatic rings. The lowest BCUT2D eigenvalue weighted by Gasteiger charge is -2.09. The fourth-order valence-electron chi connectivity index (χ4n) is 1.96. The number of hydrogen-bond donors (Lipinski definition) is 2. The second-order valence-electron chi connectivity index (χ2n) is 4.73. The highest BCUT2D eigenvalue weighted by Gasteiger charge is 2.01. The van der Waals surface area contributed by atoms with Crippen LogP contribution < -0.4 is 10.6 Å². The molecule has 2 rings (SSSR count). The molecule has 0 fully saturated rings. The molecule has 0 saturated carbocycles. The number of nitrogens with one attached hydrogen (secondary N) is 2. The quantitative estimate of drug-likeness (QED) is 0.846. The lowest BCUT2D eigenvalue weighted by atomic mass is 10.1. The molecule has 0 unspecified atom stereocenters. The summed E-state index contributed by atoms with van der Waals surface area (Å²) in [6, 6.07) is 13.9. The van der Waals surface area contributed by atoms with E-state index >= 15 is 0 Å². The van der Waals surface area contributed by atoms with Gasteiger partial charge in [0, 0.05) is 17.9 Å². The van der Waals surface area contributed by atoms with E-state index in [1.165, 1.54) is 12.1 Å². The molecular formula is C17H19FN2O2. The normalized spacial score (nSPS) is 10.1. The molecule has 0 atom stereocenters. The summed E-state index contributed by atoms with van der Waals surface area (Å²) in [5.41, 5.74) is 2.72. The van der Waals surface area contributed by atoms with Crippen LogP contribution in [0.4, 0.5) is 20.6 Å². The average Bonchev–Trinajstić information content (AvgIpc) is 2.51. The zero-order valence-corrected chi connectivity index (χ0v) is 12.4. The van der Waals surface area contributed by atoms with Crippen LogP contribution in [0.3, 0.4) is 0 Å². The van der Waals surface area contributed by atoms with Gasteiger partial charge in [-0.25, -0.2) is 9.18 Å². The Morgan fingerprint density at radius 1 is 1.05 bits per heavy atom. The largest absolute Gasteiger partial charge is 0.450 e. The summed E-state index contributed by atoms with van der Waals surface area (Å²) in [7, 11) is 0. The predicted molar refractivity (Wildman–Crippen MR) is 85.7 cm³/mol. The lowest BCUT2D eigenvalue weighted by Crippen LogP contribution is -2.13. The molecule has 116 valence electrons. The van der Waals surface area contributed by atoms with Crippen molar-refractivity contribution in [1.29, 1.82) is 0 Å². The fourth-order valence-corrected chi connectivity index (χ4v) is 1.96. The van der Waals surface area contributed by atoms with Crippen LogP contribution in [-0.2, 0) is 11.2 Å². The number of amides is 1. The van der Waals surface area contributed by atoms with E-state index < -0.39 is 6.09 Å². The van der Waals surface area contributed by atoms with E-state index in [1.807, 2.05) is 12.1 Å². The number of anilines is 2. The first-order chi connectivity index (χ1) is 10.7. The van der Waals surface area contributed by atoms with Gasteiger partial charge in [-0.1, -0.05) is 12.1 Å². The van der Waals surface area contributed by atoms with Crippen molar-refractivity contribution in [3.8, 4) is 0 Å². The molecule has 2 aromatic carbocycles. The van der Waals surface area contributed by atoms with Crippen LogP contribution in [0.1, 0.15) is 12.5 Å². The molecule has 0 aliphatic heterocycles. The molecule has 0 heterocycles. The number of hydrogen-bond acceptors (Lipinski definition) is 3. The van der Waals surface area contributed by atoms with Gasteiger partial charge in [-0.3, -0.25) is 5.32 Å². The molecule has 0 aliphatic rings. The minimum atomic E-state index is -0.459. The predicted octanol–water partition coefficient (Wildman–Crippen LogP) is 4.05. The Bertz CT molecular complexity index is 597. The molecule has 4 nitrogen and oxygen atoms in total. The van der Waals surface area contributed by atoms with Gasteiger partial charge >= 0.3 is 6.09 Å². The Hall–Kier alpha value is -2.56. The lowest BCUT2D eigenvalue weighted by molar-refractivity contribution is 0.168. The van der Waals surface area contributed by atoms with Gasteiger partial charge in [-0.2, -0.15) is 0 Å². The van der Waals surface area contributed by atoms with Crippen molar-refractivity contribution in [3.63, 3.8) is 0 Å². The first-order valence-corrected chi connectivity index (χ1v) is 7.19. The van der Waals surface area contributed by atoms with Gasteiger partial charge in [0.2, 0.25) is 0 Å². The number of carbonyl (C=O) groups excluding carboxylic acids is 1. The zero-order valence-electron chi connectivity index (χ0n) is 12.4. The highest BCUT2D eigenvalue weighted by atomic mass is 19.1. The summed E-state index contributed by atoms with van der Waals surface area (Å²) in [4.78, 5) is 11.3. The van der Waals surface area contributed by atoms with Gasteiger partial charge < -0.3 is 10.1 Å². The number of halogens is 1. The van der Waals surface area contributed by atoms with Crippen molar-refractivity contribution in [2.75, 3.05) is 23.8 Å². The highest BCUT2D eigenvalue weighted by molar-refractivity contribution is 5.84. The van der Waals surface area contributed by atoms with Gasteiger partial charge in [-0.15, -0.1) is 0 Å². The Morgan fingerprint density at radius 3 is 2.32 bits per heavy atom. The maximum absolute atomic E-state index is 12.8. The van der Waals surface area contributed by atoms with E-state index in [2.05, 4.69) is 10.6 Å². The van der Waals surface area contributed by atoms with Crippen molar-refractivity contribution in [3.05, 3.63) is 59.9 Å². The molecule has 2 N–H and O–H groups in total. The Kier molecular flexibility index (Phi) is 5.77. The molecule has 0 spiro atoms. The Labute approximate surface area is 129 Å². The number of ether oxygens (including phenoxy) is 1. The van der Waals surface area contributed by atoms with Gasteiger partial charge in [0.25, 0.3) is 0 Å². The fraction of sp³-hybridized carbons (Fsp3) is 0.235. The van der Waals surface area contributed by atoms with Gasteiger partial charge in [-0.05, 0) is 55.3 Å². The van der Waals surface area contributed by atoms with Gasteiger partial charge in [0.05, 0.1) is 6.61 Å². The minimum Gasteiger partial charge on any atom is -0.450 e. The third-order valence-corrected chi connectivity index (χ3v) is 3.06. The molecule has 0 radical (unpaired) electrons. The maximum Gasteiger partial charge on any atom is 0.411 e. The van der Waals surface area contributed by atoms with E-state index in [1.54, 1.807) is 31.2 Å². The summed E-state index contributed by atoms with van der Waals surface area (Å²) >= 11 is 0. The molecule has 1 amide bonds. The van der Waals surface area contributed by atoms with Crippen LogP contribution >= 0.6 is 0 Å². The SMILES string of the molecule is CCOC(=O)Nc1ccc(NCCc2ccc(F)cc2)cc1. The number of benzene rings is 2. The van der Waals surface area contributed by atoms with E-state index in [9.17, 15) is 9.18 Å². The van der Waals surface area contributed by atoms with Crippen molar-refractivity contribution >= 4 is 17.5 Å². The first kappa shape index (κ1) is 15.8. The minimum absolute atomic E-state index is 0.221. The second-order valence-corrected chi connectivity index (χ2v) is 4.73. The molecule has 0 saturated heterocycles. The van der Waals surface area contributed by atoms with Crippen LogP contribution in [0, 0.1) is 5.82 Å². The molecule has 0 aliphatic carbocycles. The number of carbonyl (C=O) groups is 1. The van der Waals surface area contributed by atoms with E-state index in [0.29, 0.717) is 12.3 Å². The number of rotatable bonds is 6. The maximum atomic E-state index is 12.8. The summed E-state index contributed by atoms with van der Waals surface area (Å²) < 4.78 is 17.6.